The van der Waals surface area contributed by atoms with Crippen molar-refractivity contribution in [1.82, 2.24) is 19.5 Å². The first-order valence-corrected chi connectivity index (χ1v) is 15.8. The first-order chi connectivity index (χ1) is 21.4. The molecule has 0 fully saturated rings. The van der Waals surface area contributed by atoms with Crippen molar-refractivity contribution >= 4 is 17.1 Å². The van der Waals surface area contributed by atoms with Gasteiger partial charge in [0.05, 0.1) is 19.5 Å². The number of carbonyl (C=O) groups is 1. The van der Waals surface area contributed by atoms with Gasteiger partial charge in [0.25, 0.3) is 0 Å². The van der Waals surface area contributed by atoms with Crippen molar-refractivity contribution in [3.8, 4) is 23.0 Å². The van der Waals surface area contributed by atoms with Gasteiger partial charge >= 0.3 is 5.97 Å². The van der Waals surface area contributed by atoms with E-state index in [1.807, 2.05) is 22.8 Å². The minimum Gasteiger partial charge on any atom is -0.481 e. The molecule has 4 rings (SSSR count). The first kappa shape index (κ1) is 33.9. The molecule has 242 valence electrons. The van der Waals surface area contributed by atoms with Gasteiger partial charge in [-0.1, -0.05) is 91.1 Å². The van der Waals surface area contributed by atoms with Gasteiger partial charge in [-0.2, -0.15) is 4.98 Å². The van der Waals surface area contributed by atoms with Crippen molar-refractivity contribution in [2.75, 3.05) is 20.5 Å². The number of carboxylic acid groups (broad SMARTS) is 1. The summed E-state index contributed by atoms with van der Waals surface area (Å²) in [5, 5.41) is 8.86. The number of unbranched alkanes of at least 4 members (excludes halogenated alkanes) is 4. The monoisotopic (exact) mass is 616 g/mol. The SMILES string of the molecule is COCOc1c(C(C)(C)C)cc(-c2nc(OCCCCCCCC(=O)O)c3ncn(Cc4ccccc4)c3n2)cc1C(C)(C)C. The number of benzene rings is 2. The van der Waals surface area contributed by atoms with Crippen LogP contribution in [0.5, 0.6) is 11.6 Å². The lowest BCUT2D eigenvalue weighted by molar-refractivity contribution is -0.137. The zero-order chi connectivity index (χ0) is 32.6. The molecule has 2 aromatic carbocycles. The van der Waals surface area contributed by atoms with Crippen LogP contribution in [0.15, 0.2) is 48.8 Å². The predicted octanol–water partition coefficient (Wildman–Crippen LogP) is 7.92. The molecule has 0 aliphatic rings. The molecule has 0 aliphatic carbocycles. The van der Waals surface area contributed by atoms with Gasteiger partial charge in [-0.15, -0.1) is 0 Å². The Kier molecular flexibility index (Phi) is 11.2. The molecular weight excluding hydrogens is 568 g/mol. The van der Waals surface area contributed by atoms with Crippen molar-refractivity contribution in [1.29, 1.82) is 0 Å². The normalized spacial score (nSPS) is 12.1. The Morgan fingerprint density at radius 2 is 1.51 bits per heavy atom. The number of aromatic nitrogens is 4. The molecule has 45 heavy (non-hydrogen) atoms. The van der Waals surface area contributed by atoms with Gasteiger partial charge in [-0.25, -0.2) is 9.97 Å². The molecule has 1 N–H and O–H groups in total. The van der Waals surface area contributed by atoms with Gasteiger partial charge in [0.1, 0.15) is 5.75 Å². The molecule has 0 bridgehead atoms. The lowest BCUT2D eigenvalue weighted by Gasteiger charge is -2.30. The molecule has 4 aromatic rings. The third-order valence-electron chi connectivity index (χ3n) is 7.69. The van der Waals surface area contributed by atoms with Crippen molar-refractivity contribution in [3.63, 3.8) is 0 Å². The Balaban J connectivity index is 1.75. The van der Waals surface area contributed by atoms with E-state index in [9.17, 15) is 4.79 Å². The second-order valence-corrected chi connectivity index (χ2v) is 13.6. The number of nitrogens with zero attached hydrogens (tertiary/aromatic N) is 4. The van der Waals surface area contributed by atoms with Crippen molar-refractivity contribution < 1.29 is 24.1 Å². The zero-order valence-corrected chi connectivity index (χ0v) is 27.9. The summed E-state index contributed by atoms with van der Waals surface area (Å²) < 4.78 is 19.8. The van der Waals surface area contributed by atoms with Crippen LogP contribution in [0.4, 0.5) is 0 Å². The minimum atomic E-state index is -0.741. The van der Waals surface area contributed by atoms with E-state index >= 15 is 0 Å². The number of ether oxygens (including phenoxy) is 3. The number of methoxy groups -OCH3 is 1. The molecule has 2 heterocycles. The predicted molar refractivity (Wildman–Crippen MR) is 177 cm³/mol. The second-order valence-electron chi connectivity index (χ2n) is 13.6. The minimum absolute atomic E-state index is 0.157. The van der Waals surface area contributed by atoms with E-state index < -0.39 is 5.97 Å². The maximum absolute atomic E-state index is 10.8. The second kappa shape index (κ2) is 14.9. The Labute approximate surface area is 267 Å². The number of imidazole rings is 1. The Morgan fingerprint density at radius 3 is 2.13 bits per heavy atom. The molecular formula is C36H48N4O5. The highest BCUT2D eigenvalue weighted by Gasteiger charge is 2.29. The first-order valence-electron chi connectivity index (χ1n) is 15.8. The van der Waals surface area contributed by atoms with Crippen LogP contribution in [0.1, 0.15) is 96.8 Å². The highest BCUT2D eigenvalue weighted by Crippen LogP contribution is 2.43. The zero-order valence-electron chi connectivity index (χ0n) is 27.9. The Hall–Kier alpha value is -3.98. The third-order valence-corrected chi connectivity index (χ3v) is 7.69. The number of carboxylic acids is 1. The topological polar surface area (TPSA) is 109 Å². The van der Waals surface area contributed by atoms with E-state index in [-0.39, 0.29) is 24.0 Å². The van der Waals surface area contributed by atoms with E-state index in [0.717, 1.165) is 53.7 Å². The number of hydrogen-bond acceptors (Lipinski definition) is 7. The maximum Gasteiger partial charge on any atom is 0.303 e. The molecule has 0 radical (unpaired) electrons. The lowest BCUT2D eigenvalue weighted by Crippen LogP contribution is -2.21. The standard InChI is InChI=1S/C36H48N4O5/c1-35(2,3)27-20-26(21-28(36(4,5)6)31(27)45-24-43-7)32-38-33-30(37-23-40(33)22-25-16-12-11-13-17-25)34(39-32)44-19-15-10-8-9-14-18-29(41)42/h11-13,16-17,20-21,23H,8-10,14-15,18-19,22,24H2,1-7H3,(H,41,42). The van der Waals surface area contributed by atoms with Crippen LogP contribution in [0, 0.1) is 0 Å². The van der Waals surface area contributed by atoms with Crippen molar-refractivity contribution in [2.45, 2.75) is 97.4 Å². The number of hydrogen-bond donors (Lipinski definition) is 1. The maximum atomic E-state index is 10.8. The molecule has 0 spiro atoms. The Bertz CT molecular complexity index is 1530. The van der Waals surface area contributed by atoms with Gasteiger partial charge in [0.2, 0.25) is 5.88 Å². The smallest absolute Gasteiger partial charge is 0.303 e. The number of fused-ring (bicyclic) bond motifs is 1. The molecule has 0 atom stereocenters. The van der Waals surface area contributed by atoms with Gasteiger partial charge in [-0.3, -0.25) is 4.79 Å². The summed E-state index contributed by atoms with van der Waals surface area (Å²) in [4.78, 5) is 25.5. The fourth-order valence-corrected chi connectivity index (χ4v) is 5.27. The molecule has 0 unspecified atom stereocenters. The van der Waals surface area contributed by atoms with Crippen LogP contribution in [-0.2, 0) is 26.9 Å². The number of rotatable bonds is 15. The largest absolute Gasteiger partial charge is 0.481 e. The van der Waals surface area contributed by atoms with Gasteiger partial charge < -0.3 is 23.9 Å². The van der Waals surface area contributed by atoms with Crippen LogP contribution in [0.25, 0.3) is 22.6 Å². The van der Waals surface area contributed by atoms with E-state index in [2.05, 4.69) is 65.8 Å². The van der Waals surface area contributed by atoms with Crippen LogP contribution < -0.4 is 9.47 Å². The summed E-state index contributed by atoms with van der Waals surface area (Å²) in [5.41, 5.74) is 5.02. The summed E-state index contributed by atoms with van der Waals surface area (Å²) >= 11 is 0. The van der Waals surface area contributed by atoms with Crippen molar-refractivity contribution in [2.24, 2.45) is 0 Å². The van der Waals surface area contributed by atoms with E-state index in [4.69, 9.17) is 34.3 Å². The quantitative estimate of drug-likeness (QED) is 0.106. The highest BCUT2D eigenvalue weighted by molar-refractivity contribution is 5.79. The van der Waals surface area contributed by atoms with Crippen molar-refractivity contribution in [3.05, 3.63) is 65.5 Å². The molecule has 9 heteroatoms. The summed E-state index contributed by atoms with van der Waals surface area (Å²) in [6.45, 7) is 14.3. The van der Waals surface area contributed by atoms with Crippen LogP contribution in [0.2, 0.25) is 0 Å². The van der Waals surface area contributed by atoms with E-state index in [0.29, 0.717) is 42.4 Å². The molecule has 0 saturated carbocycles. The Morgan fingerprint density at radius 1 is 0.867 bits per heavy atom. The molecule has 2 aromatic heterocycles. The molecule has 9 nitrogen and oxygen atoms in total. The average molecular weight is 617 g/mol. The summed E-state index contributed by atoms with van der Waals surface area (Å²) in [7, 11) is 1.63. The van der Waals surface area contributed by atoms with Crippen LogP contribution in [0.3, 0.4) is 0 Å². The fraction of sp³-hybridized carbons (Fsp3) is 0.500. The van der Waals surface area contributed by atoms with Gasteiger partial charge in [0.15, 0.2) is 23.8 Å². The van der Waals surface area contributed by atoms with E-state index in [1.165, 1.54) is 0 Å². The van der Waals surface area contributed by atoms with Crippen LogP contribution >= 0.6 is 0 Å². The average Bonchev–Trinajstić information content (AvgIpc) is 3.38. The lowest BCUT2D eigenvalue weighted by atomic mass is 9.78. The summed E-state index contributed by atoms with van der Waals surface area (Å²) in [5.74, 6) is 1.11. The van der Waals surface area contributed by atoms with Gasteiger partial charge in [-0.05, 0) is 41.4 Å². The summed E-state index contributed by atoms with van der Waals surface area (Å²) in [6.07, 6.45) is 6.38. The molecule has 0 saturated heterocycles. The van der Waals surface area contributed by atoms with E-state index in [1.54, 1.807) is 13.4 Å². The summed E-state index contributed by atoms with van der Waals surface area (Å²) in [6, 6.07) is 14.5. The highest BCUT2D eigenvalue weighted by atomic mass is 16.7. The third kappa shape index (κ3) is 9.03. The molecule has 0 amide bonds. The van der Waals surface area contributed by atoms with Crippen LogP contribution in [-0.4, -0.2) is 51.1 Å². The number of aliphatic carboxylic acids is 1. The molecule has 0 aliphatic heterocycles. The van der Waals surface area contributed by atoms with Gasteiger partial charge in [0, 0.05) is 30.2 Å². The fourth-order valence-electron chi connectivity index (χ4n) is 5.27.